The molecule has 37 nitrogen and oxygen atoms in total. The van der Waals surface area contributed by atoms with E-state index in [1.165, 1.54) is 48.5 Å². The summed E-state index contributed by atoms with van der Waals surface area (Å²) < 4.78 is 33.1. The van der Waals surface area contributed by atoms with Crippen molar-refractivity contribution in [1.29, 1.82) is 0 Å². The number of carboxylic acid groups (broad SMARTS) is 7. The molecule has 0 saturated carbocycles. The van der Waals surface area contributed by atoms with Crippen LogP contribution in [-0.4, -0.2) is 281 Å². The average Bonchev–Trinajstić information content (AvgIpc) is 0.997. The number of hydrogen-bond donors (Lipinski definition) is 16. The Bertz CT molecular complexity index is 2730. The second-order valence-corrected chi connectivity index (χ2v) is 66.3. The van der Waals surface area contributed by atoms with Crippen molar-refractivity contribution in [2.24, 2.45) is 0 Å². The maximum atomic E-state index is 10.9. The molecule has 0 radical (unpaired) electrons. The molecule has 0 rings (SSSR count). The van der Waals surface area contributed by atoms with Gasteiger partial charge in [-0.15, -0.1) is 0 Å². The number of rotatable bonds is 39. The van der Waals surface area contributed by atoms with Gasteiger partial charge < -0.3 is 113 Å². The van der Waals surface area contributed by atoms with E-state index in [0.29, 0.717) is 59.5 Å². The smallest absolute Gasteiger partial charge is 0.331 e. The number of esters is 7. The number of carbonyl (C=O) groups excluding carboxylic acids is 7. The number of ether oxygens (including phenoxy) is 7. The SMILES string of the molecule is C.C.C.C.C.C.C.C.CCCCO.CCCCO.CCCCOC(=O)/C=C(/C)C(=O)O.CCCCOC(=O)/C=C(/C)C(=O)O.CCCCOC(=O)/C=C(/C)C(=O)O.CCCCOC(=O)/C=C(/C)C(=O)O.CCCCOC(=O)/C=C(/C)C(=O)O.CCCCOC(=O)/C=C(/C)C(=O)O.CCCCOC(=O)/C=C(/C)C(=O)O.C[Si](C)(C)O.C[Si](C)(C)O.C[Si](C)(C)O.C[Si](C)(C)O.C[Si](C)(C)O.C[Si](C)(C)O.C[Si](C)(C)O.[Zr].[Zr].[Zr].[Zr]. The molecule has 0 amide bonds. The first kappa shape index (κ1) is 218. The Labute approximate surface area is 981 Å². The summed E-state index contributed by atoms with van der Waals surface area (Å²) in [6.07, 6.45) is 23.1. The molecular formula is C100H220O37Si7Zr4. The van der Waals surface area contributed by atoms with Crippen LogP contribution in [0, 0.1) is 0 Å². The Hall–Kier alpha value is -4.55. The van der Waals surface area contributed by atoms with Gasteiger partial charge in [-0.05, 0) is 244 Å². The summed E-state index contributed by atoms with van der Waals surface area (Å²) in [7, 11) is -11.3. The van der Waals surface area contributed by atoms with Gasteiger partial charge in [0.15, 0.2) is 58.2 Å². The molecule has 0 saturated heterocycles. The molecular weight excluding hydrogens is 2350 g/mol. The van der Waals surface area contributed by atoms with Gasteiger partial charge in [-0.25, -0.2) is 67.1 Å². The zero-order valence-corrected chi connectivity index (χ0v) is 109. The first-order chi connectivity index (χ1) is 61.4. The Morgan fingerprint density at radius 2 is 0.250 bits per heavy atom. The summed E-state index contributed by atoms with van der Waals surface area (Å²) in [6.45, 7) is 70.0. The number of aliphatic carboxylic acids is 7. The molecule has 148 heavy (non-hydrogen) atoms. The monoisotopic (exact) mass is 2570 g/mol. The minimum atomic E-state index is -1.61. The van der Waals surface area contributed by atoms with Gasteiger partial charge in [-0.3, -0.25) is 0 Å². The van der Waals surface area contributed by atoms with Gasteiger partial charge >= 0.3 is 83.6 Å². The molecule has 48 heteroatoms. The summed E-state index contributed by atoms with van der Waals surface area (Å²) >= 11 is 0. The van der Waals surface area contributed by atoms with E-state index in [9.17, 15) is 67.1 Å². The van der Waals surface area contributed by atoms with Crippen molar-refractivity contribution in [2.45, 2.75) is 423 Å². The van der Waals surface area contributed by atoms with E-state index in [-0.39, 0.29) is 203 Å². The van der Waals surface area contributed by atoms with E-state index in [2.05, 4.69) is 13.8 Å². The molecule has 0 atom stereocenters. The number of carbonyl (C=O) groups is 14. The molecule has 0 aliphatic rings. The second kappa shape index (κ2) is 142. The van der Waals surface area contributed by atoms with Crippen molar-refractivity contribution in [2.75, 3.05) is 59.5 Å². The first-order valence-electron chi connectivity index (χ1n) is 45.2. The van der Waals surface area contributed by atoms with Crippen molar-refractivity contribution >= 4 is 142 Å². The van der Waals surface area contributed by atoms with E-state index in [4.69, 9.17) is 113 Å². The van der Waals surface area contributed by atoms with Gasteiger partial charge in [0.25, 0.3) is 0 Å². The van der Waals surface area contributed by atoms with Crippen molar-refractivity contribution in [3.8, 4) is 0 Å². The Kier molecular flexibility index (Phi) is 210. The summed E-state index contributed by atoms with van der Waals surface area (Å²) in [6, 6.07) is 0. The molecule has 0 aliphatic heterocycles. The molecule has 0 heterocycles. The fourth-order valence-electron chi connectivity index (χ4n) is 4.50. The second-order valence-electron chi connectivity index (χ2n) is 35.9. The third-order valence-corrected chi connectivity index (χ3v) is 10.9. The maximum Gasteiger partial charge on any atom is 0.331 e. The number of carboxylic acids is 7. The van der Waals surface area contributed by atoms with Crippen LogP contribution >= 0.6 is 0 Å². The van der Waals surface area contributed by atoms with Crippen LogP contribution in [0.3, 0.4) is 0 Å². The summed E-state index contributed by atoms with van der Waals surface area (Å²) in [5, 5.41) is 75.1. The van der Waals surface area contributed by atoms with Crippen LogP contribution in [0.4, 0.5) is 0 Å². The normalized spacial score (nSPS) is 10.2. The topological polar surface area (TPSA) is 627 Å². The van der Waals surface area contributed by atoms with Gasteiger partial charge in [-0.1, -0.05) is 180 Å². The first-order valence-corrected chi connectivity index (χ1v) is 69.4. The van der Waals surface area contributed by atoms with Crippen LogP contribution in [0.5, 0.6) is 0 Å². The molecule has 0 unspecified atom stereocenters. The van der Waals surface area contributed by atoms with E-state index in [1.54, 1.807) is 0 Å². The van der Waals surface area contributed by atoms with Crippen LogP contribution in [-0.2, 0) is 205 Å². The summed E-state index contributed by atoms with van der Waals surface area (Å²) in [5.74, 6) is -11.9. The standard InChI is InChI=1S/7C9H14O4.2C4H10O.7C3H10OSi.8CH4.4Zr/c7*1-3-4-5-13-8(10)6-7(2)9(11)12;2*1-2-3-4-5;7*1-5(2,3)4;;;;;;;;;;;;/h7*6H,3-5H2,1-2H3,(H,11,12);2*5H,2-4H2,1H3;7*4H,1-3H3;8*1H4;;;;/b7*7-6-;;;;;;;;;;;;;;;;;;;;;. The van der Waals surface area contributed by atoms with Gasteiger partial charge in [0.1, 0.15) is 0 Å². The van der Waals surface area contributed by atoms with Crippen LogP contribution in [0.1, 0.15) is 286 Å². The third-order valence-electron chi connectivity index (χ3n) is 10.9. The van der Waals surface area contributed by atoms with Gasteiger partial charge in [-0.2, -0.15) is 0 Å². The average molecular weight is 2580 g/mol. The molecule has 0 fully saturated rings. The number of aliphatic hydroxyl groups is 2. The van der Waals surface area contributed by atoms with Gasteiger partial charge in [0, 0.05) is 200 Å². The Balaban J connectivity index is -0.0000000403. The molecule has 0 aromatic carbocycles. The van der Waals surface area contributed by atoms with Crippen LogP contribution in [0.2, 0.25) is 137 Å². The van der Waals surface area contributed by atoms with E-state index in [1.807, 2.05) is 186 Å². The molecule has 0 spiro atoms. The minimum absolute atomic E-state index is 0. The van der Waals surface area contributed by atoms with Crippen molar-refractivity contribution in [3.63, 3.8) is 0 Å². The molecule has 0 aliphatic carbocycles. The number of hydrogen-bond acceptors (Lipinski definition) is 30. The largest absolute Gasteiger partial charge is 0.478 e. The predicted molar refractivity (Wildman–Crippen MR) is 608 cm³/mol. The van der Waals surface area contributed by atoms with Crippen molar-refractivity contribution in [3.05, 3.63) is 81.5 Å². The van der Waals surface area contributed by atoms with E-state index >= 15 is 0 Å². The quantitative estimate of drug-likeness (QED) is 0.00893. The van der Waals surface area contributed by atoms with E-state index in [0.717, 1.165) is 158 Å². The number of aliphatic hydroxyl groups excluding tert-OH is 2. The molecule has 0 bridgehead atoms. The van der Waals surface area contributed by atoms with Crippen LogP contribution in [0.15, 0.2) is 81.5 Å². The molecule has 886 valence electrons. The van der Waals surface area contributed by atoms with Crippen LogP contribution < -0.4 is 0 Å². The van der Waals surface area contributed by atoms with Crippen molar-refractivity contribution < 1.29 is 285 Å². The summed E-state index contributed by atoms with van der Waals surface area (Å²) in [4.78, 5) is 209. The molecule has 0 aromatic heterocycles. The Morgan fingerprint density at radius 3 is 0.291 bits per heavy atom. The maximum absolute atomic E-state index is 10.9. The minimum Gasteiger partial charge on any atom is -0.478 e. The predicted octanol–water partition coefficient (Wildman–Crippen LogP) is 21.9. The molecule has 16 N–H and O–H groups in total. The third kappa shape index (κ3) is 341. The van der Waals surface area contributed by atoms with Crippen molar-refractivity contribution in [1.82, 2.24) is 0 Å². The zero-order chi connectivity index (χ0) is 112. The van der Waals surface area contributed by atoms with Gasteiger partial charge in [0.05, 0.1) is 46.2 Å². The molecule has 0 aromatic rings. The summed E-state index contributed by atoms with van der Waals surface area (Å²) in [5.41, 5.74) is -0.0875. The number of unbranched alkanes of at least 4 members (excludes halogenated alkanes) is 9. The fourth-order valence-corrected chi connectivity index (χ4v) is 4.50. The van der Waals surface area contributed by atoms with Crippen LogP contribution in [0.25, 0.3) is 0 Å². The van der Waals surface area contributed by atoms with E-state index < -0.39 is 142 Å². The fraction of sp³-hybridized carbons (Fsp3) is 0.720. The van der Waals surface area contributed by atoms with Gasteiger partial charge in [0.2, 0.25) is 0 Å². The Morgan fingerprint density at radius 1 is 0.182 bits per heavy atom. The zero-order valence-electron chi connectivity index (χ0n) is 91.9.